The van der Waals surface area contributed by atoms with Crippen molar-refractivity contribution in [2.75, 3.05) is 0 Å². The Morgan fingerprint density at radius 1 is 1.31 bits per heavy atom. The van der Waals surface area contributed by atoms with Crippen LogP contribution in [0.25, 0.3) is 11.0 Å². The third-order valence-corrected chi connectivity index (χ3v) is 1.72. The third kappa shape index (κ3) is 1.28. The van der Waals surface area contributed by atoms with Gasteiger partial charge in [0.2, 0.25) is 0 Å². The van der Waals surface area contributed by atoms with Crippen LogP contribution in [0.2, 0.25) is 0 Å². The molecule has 1 aromatic heterocycles. The van der Waals surface area contributed by atoms with Crippen LogP contribution in [0.3, 0.4) is 0 Å². The Labute approximate surface area is 71.8 Å². The van der Waals surface area contributed by atoms with Gasteiger partial charge in [0.05, 0.1) is 0 Å². The minimum Gasteiger partial charge on any atom is -0.464 e. The Morgan fingerprint density at radius 2 is 2.08 bits per heavy atom. The van der Waals surface area contributed by atoms with E-state index in [1.165, 1.54) is 18.2 Å². The van der Waals surface area contributed by atoms with E-state index >= 15 is 0 Å². The van der Waals surface area contributed by atoms with Gasteiger partial charge in [-0.25, -0.2) is 0 Å². The van der Waals surface area contributed by atoms with Crippen LogP contribution < -0.4 is 0 Å². The first-order chi connectivity index (χ1) is 6.09. The first kappa shape index (κ1) is 8.16. The molecule has 0 aliphatic carbocycles. The summed E-state index contributed by atoms with van der Waals surface area (Å²) in [6, 6.07) is 6.79. The van der Waals surface area contributed by atoms with E-state index in [9.17, 15) is 13.2 Å². The monoisotopic (exact) mass is 185 g/mol. The Hall–Kier alpha value is -1.45. The molecule has 13 heavy (non-hydrogen) atoms. The topological polar surface area (TPSA) is 13.1 Å². The number of rotatable bonds is 0. The molecule has 0 saturated carbocycles. The van der Waals surface area contributed by atoms with E-state index in [0.717, 1.165) is 6.26 Å². The fraction of sp³-hybridized carbons (Fsp3) is 0.111. The number of alkyl halides is 3. The summed E-state index contributed by atoms with van der Waals surface area (Å²) < 4.78 is 41.6. The zero-order chi connectivity index (χ0) is 9.47. The maximum Gasteiger partial charge on any atom is 0.420 e. The molecule has 0 unspecified atom stereocenters. The minimum atomic E-state index is -4.36. The van der Waals surface area contributed by atoms with Gasteiger partial charge in [0.15, 0.2) is 0 Å². The quantitative estimate of drug-likeness (QED) is 0.614. The summed E-state index contributed by atoms with van der Waals surface area (Å²) in [5, 5.41) is 0.0509. The standard InChI is InChI=1S/C9H4F3O/c10-9(11,12)7-5-13-8-4-2-1-3-6(7)8/h2-5H. The van der Waals surface area contributed by atoms with Crippen LogP contribution in [0.4, 0.5) is 13.2 Å². The molecular weight excluding hydrogens is 181 g/mol. The van der Waals surface area contributed by atoms with Gasteiger partial charge in [-0.2, -0.15) is 13.2 Å². The van der Waals surface area contributed by atoms with Gasteiger partial charge in [-0.3, -0.25) is 0 Å². The van der Waals surface area contributed by atoms with Crippen molar-refractivity contribution < 1.29 is 17.6 Å². The van der Waals surface area contributed by atoms with Gasteiger partial charge >= 0.3 is 6.18 Å². The van der Waals surface area contributed by atoms with E-state index in [1.54, 1.807) is 0 Å². The number of benzene rings is 1. The molecule has 1 heterocycles. The van der Waals surface area contributed by atoms with Gasteiger partial charge in [0.25, 0.3) is 0 Å². The highest BCUT2D eigenvalue weighted by Gasteiger charge is 2.34. The lowest BCUT2D eigenvalue weighted by Crippen LogP contribution is -2.02. The smallest absolute Gasteiger partial charge is 0.420 e. The van der Waals surface area contributed by atoms with Crippen LogP contribution in [0, 0.1) is 6.07 Å². The average Bonchev–Trinajstić information content (AvgIpc) is 2.45. The molecule has 2 rings (SSSR count). The molecule has 0 aliphatic rings. The van der Waals surface area contributed by atoms with E-state index in [2.05, 4.69) is 6.07 Å². The predicted octanol–water partition coefficient (Wildman–Crippen LogP) is 3.25. The average molecular weight is 185 g/mol. The maximum atomic E-state index is 12.3. The fourth-order valence-corrected chi connectivity index (χ4v) is 1.13. The van der Waals surface area contributed by atoms with E-state index in [-0.39, 0.29) is 11.0 Å². The second-order valence-electron chi connectivity index (χ2n) is 2.57. The predicted molar refractivity (Wildman–Crippen MR) is 40.1 cm³/mol. The zero-order valence-corrected chi connectivity index (χ0v) is 6.35. The first-order valence-corrected chi connectivity index (χ1v) is 3.53. The SMILES string of the molecule is FC(F)(F)c1coc2cc[c]cc12. The van der Waals surface area contributed by atoms with Crippen LogP contribution in [0.5, 0.6) is 0 Å². The largest absolute Gasteiger partial charge is 0.464 e. The summed E-state index contributed by atoms with van der Waals surface area (Å²) in [5.41, 5.74) is -0.523. The Bertz CT molecular complexity index is 428. The highest BCUT2D eigenvalue weighted by molar-refractivity contribution is 5.81. The summed E-state index contributed by atoms with van der Waals surface area (Å²) in [5.74, 6) is 0. The molecule has 0 aliphatic heterocycles. The Kier molecular flexibility index (Phi) is 1.58. The van der Waals surface area contributed by atoms with E-state index in [4.69, 9.17) is 4.42 Å². The lowest BCUT2D eigenvalue weighted by atomic mass is 10.2. The lowest BCUT2D eigenvalue weighted by Gasteiger charge is -2.01. The number of hydrogen-bond acceptors (Lipinski definition) is 1. The van der Waals surface area contributed by atoms with Crippen molar-refractivity contribution in [1.82, 2.24) is 0 Å². The zero-order valence-electron chi connectivity index (χ0n) is 6.35. The van der Waals surface area contributed by atoms with Gasteiger partial charge in [-0.15, -0.1) is 0 Å². The molecule has 0 bridgehead atoms. The highest BCUT2D eigenvalue weighted by atomic mass is 19.4. The molecule has 1 aromatic carbocycles. The maximum absolute atomic E-state index is 12.3. The molecule has 0 atom stereocenters. The Morgan fingerprint density at radius 3 is 2.77 bits per heavy atom. The van der Waals surface area contributed by atoms with E-state index < -0.39 is 11.7 Å². The molecule has 0 N–H and O–H groups in total. The molecule has 4 heteroatoms. The van der Waals surface area contributed by atoms with Crippen molar-refractivity contribution in [2.45, 2.75) is 6.18 Å². The number of hydrogen-bond donors (Lipinski definition) is 0. The number of fused-ring (bicyclic) bond motifs is 1. The number of furan rings is 1. The molecule has 0 saturated heterocycles. The number of halogens is 3. The van der Waals surface area contributed by atoms with Crippen LogP contribution in [-0.2, 0) is 6.18 Å². The van der Waals surface area contributed by atoms with Crippen LogP contribution in [0.15, 0.2) is 28.9 Å². The van der Waals surface area contributed by atoms with E-state index in [1.807, 2.05) is 0 Å². The van der Waals surface area contributed by atoms with Gasteiger partial charge in [-0.1, -0.05) is 6.07 Å². The summed E-state index contributed by atoms with van der Waals surface area (Å²) in [7, 11) is 0. The van der Waals surface area contributed by atoms with Gasteiger partial charge in [0.1, 0.15) is 17.4 Å². The second-order valence-corrected chi connectivity index (χ2v) is 2.57. The van der Waals surface area contributed by atoms with E-state index in [0.29, 0.717) is 0 Å². The normalized spacial score (nSPS) is 12.2. The van der Waals surface area contributed by atoms with Crippen LogP contribution >= 0.6 is 0 Å². The molecule has 1 radical (unpaired) electrons. The van der Waals surface area contributed by atoms with Crippen molar-refractivity contribution in [2.24, 2.45) is 0 Å². The van der Waals surface area contributed by atoms with Crippen molar-refractivity contribution in [3.63, 3.8) is 0 Å². The van der Waals surface area contributed by atoms with Gasteiger partial charge in [-0.05, 0) is 18.2 Å². The molecule has 0 amide bonds. The third-order valence-electron chi connectivity index (χ3n) is 1.72. The fourth-order valence-electron chi connectivity index (χ4n) is 1.13. The lowest BCUT2D eigenvalue weighted by molar-refractivity contribution is -0.136. The second kappa shape index (κ2) is 2.52. The van der Waals surface area contributed by atoms with Gasteiger partial charge in [0, 0.05) is 5.39 Å². The summed E-state index contributed by atoms with van der Waals surface area (Å²) in [6.45, 7) is 0. The van der Waals surface area contributed by atoms with Crippen molar-refractivity contribution in [3.05, 3.63) is 36.1 Å². The molecule has 0 spiro atoms. The Balaban J connectivity index is 2.72. The molecule has 1 nitrogen and oxygen atoms in total. The first-order valence-electron chi connectivity index (χ1n) is 3.53. The summed E-state index contributed by atoms with van der Waals surface area (Å²) in [4.78, 5) is 0. The van der Waals surface area contributed by atoms with Crippen molar-refractivity contribution in [3.8, 4) is 0 Å². The van der Waals surface area contributed by atoms with Gasteiger partial charge < -0.3 is 4.42 Å². The molecule has 0 fully saturated rings. The van der Waals surface area contributed by atoms with Crippen molar-refractivity contribution >= 4 is 11.0 Å². The summed E-state index contributed by atoms with van der Waals surface area (Å²) in [6.07, 6.45) is -3.64. The highest BCUT2D eigenvalue weighted by Crippen LogP contribution is 2.35. The van der Waals surface area contributed by atoms with Crippen molar-refractivity contribution in [1.29, 1.82) is 0 Å². The van der Waals surface area contributed by atoms with Crippen LogP contribution in [0.1, 0.15) is 5.56 Å². The molecular formula is C9H4F3O. The minimum absolute atomic E-state index is 0.0509. The van der Waals surface area contributed by atoms with Crippen LogP contribution in [-0.4, -0.2) is 0 Å². The summed E-state index contributed by atoms with van der Waals surface area (Å²) >= 11 is 0. The molecule has 67 valence electrons. The molecule has 2 aromatic rings.